The molecule has 0 fully saturated rings. The molecule has 0 aliphatic heterocycles. The SMILES string of the molecule is N#C/C=C(\N=N)NC(=O)Cc1cccc(OC(F)(F)F)c1. The molecule has 0 aliphatic rings. The van der Waals surface area contributed by atoms with E-state index in [9.17, 15) is 18.0 Å². The lowest BCUT2D eigenvalue weighted by Crippen LogP contribution is -2.23. The zero-order valence-corrected chi connectivity index (χ0v) is 10.4. The number of ether oxygens (including phenoxy) is 1. The highest BCUT2D eigenvalue weighted by molar-refractivity contribution is 5.80. The van der Waals surface area contributed by atoms with E-state index in [1.807, 2.05) is 0 Å². The lowest BCUT2D eigenvalue weighted by atomic mass is 10.1. The van der Waals surface area contributed by atoms with Crippen molar-refractivity contribution in [2.24, 2.45) is 5.11 Å². The summed E-state index contributed by atoms with van der Waals surface area (Å²) in [6.07, 6.45) is -4.21. The zero-order chi connectivity index (χ0) is 15.9. The third-order valence-corrected chi connectivity index (χ3v) is 2.09. The Morgan fingerprint density at radius 2 is 2.24 bits per heavy atom. The fourth-order valence-corrected chi connectivity index (χ4v) is 1.38. The maximum Gasteiger partial charge on any atom is 0.573 e. The van der Waals surface area contributed by atoms with Gasteiger partial charge in [-0.2, -0.15) is 5.26 Å². The number of nitriles is 1. The molecule has 0 aliphatic carbocycles. The van der Waals surface area contributed by atoms with Crippen LogP contribution in [-0.4, -0.2) is 12.3 Å². The fourth-order valence-electron chi connectivity index (χ4n) is 1.38. The van der Waals surface area contributed by atoms with Crippen molar-refractivity contribution in [3.63, 3.8) is 0 Å². The number of rotatable bonds is 5. The van der Waals surface area contributed by atoms with Crippen LogP contribution >= 0.6 is 0 Å². The molecule has 0 bridgehead atoms. The van der Waals surface area contributed by atoms with Gasteiger partial charge in [-0.1, -0.05) is 12.1 Å². The quantitative estimate of drug-likeness (QED) is 0.645. The summed E-state index contributed by atoms with van der Waals surface area (Å²) in [4.78, 5) is 11.6. The van der Waals surface area contributed by atoms with E-state index in [0.717, 1.165) is 18.2 Å². The van der Waals surface area contributed by atoms with E-state index < -0.39 is 18.0 Å². The molecule has 6 nitrogen and oxygen atoms in total. The number of hydrogen-bond donors (Lipinski definition) is 2. The third-order valence-electron chi connectivity index (χ3n) is 2.09. The first kappa shape index (κ1) is 16.2. The van der Waals surface area contributed by atoms with Crippen LogP contribution in [0.15, 0.2) is 41.3 Å². The number of carbonyl (C=O) groups excluding carboxylic acids is 1. The van der Waals surface area contributed by atoms with Crippen molar-refractivity contribution in [2.45, 2.75) is 12.8 Å². The van der Waals surface area contributed by atoms with E-state index in [1.54, 1.807) is 6.07 Å². The van der Waals surface area contributed by atoms with Crippen LogP contribution in [0.3, 0.4) is 0 Å². The van der Waals surface area contributed by atoms with Crippen LogP contribution < -0.4 is 10.1 Å². The number of alkyl halides is 3. The second-order valence-corrected chi connectivity index (χ2v) is 3.69. The molecule has 0 saturated heterocycles. The summed E-state index contributed by atoms with van der Waals surface area (Å²) in [5.41, 5.74) is 6.99. The van der Waals surface area contributed by atoms with Gasteiger partial charge in [0.1, 0.15) is 5.75 Å². The van der Waals surface area contributed by atoms with Crippen molar-refractivity contribution < 1.29 is 22.7 Å². The van der Waals surface area contributed by atoms with Gasteiger partial charge in [-0.3, -0.25) is 4.79 Å². The van der Waals surface area contributed by atoms with Crippen LogP contribution in [-0.2, 0) is 11.2 Å². The molecular formula is C12H9F3N4O2. The molecule has 0 heterocycles. The Morgan fingerprint density at radius 3 is 2.81 bits per heavy atom. The molecule has 0 spiro atoms. The second-order valence-electron chi connectivity index (χ2n) is 3.69. The van der Waals surface area contributed by atoms with Crippen LogP contribution in [0.25, 0.3) is 0 Å². The van der Waals surface area contributed by atoms with Gasteiger partial charge in [-0.25, -0.2) is 5.53 Å². The maximum atomic E-state index is 12.1. The van der Waals surface area contributed by atoms with E-state index >= 15 is 0 Å². The summed E-state index contributed by atoms with van der Waals surface area (Å²) in [5, 5.41) is 13.4. The number of halogens is 3. The molecule has 2 N–H and O–H groups in total. The smallest absolute Gasteiger partial charge is 0.406 e. The summed E-state index contributed by atoms with van der Waals surface area (Å²) in [7, 11) is 0. The normalized spacial score (nSPS) is 11.4. The molecular weight excluding hydrogens is 289 g/mol. The molecule has 0 radical (unpaired) electrons. The Labute approximate surface area is 117 Å². The number of amides is 1. The van der Waals surface area contributed by atoms with Crippen LogP contribution in [0, 0.1) is 16.9 Å². The molecule has 0 aromatic heterocycles. The van der Waals surface area contributed by atoms with Gasteiger partial charge in [0, 0.05) is 0 Å². The molecule has 1 aromatic rings. The average Bonchev–Trinajstić information content (AvgIpc) is 2.36. The molecule has 0 atom stereocenters. The minimum absolute atomic E-state index is 0.257. The first-order chi connectivity index (χ1) is 9.84. The lowest BCUT2D eigenvalue weighted by molar-refractivity contribution is -0.274. The molecule has 110 valence electrons. The van der Waals surface area contributed by atoms with E-state index in [4.69, 9.17) is 10.8 Å². The fraction of sp³-hybridized carbons (Fsp3) is 0.167. The average molecular weight is 298 g/mol. The number of hydrogen-bond acceptors (Lipinski definition) is 5. The summed E-state index contributed by atoms with van der Waals surface area (Å²) in [6.45, 7) is 0. The van der Waals surface area contributed by atoms with Gasteiger partial charge < -0.3 is 10.1 Å². The Balaban J connectivity index is 2.73. The highest BCUT2D eigenvalue weighted by Gasteiger charge is 2.31. The van der Waals surface area contributed by atoms with Crippen molar-refractivity contribution >= 4 is 5.91 Å². The van der Waals surface area contributed by atoms with Gasteiger partial charge in [-0.15, -0.1) is 18.3 Å². The number of allylic oxidation sites excluding steroid dienone is 1. The molecule has 0 unspecified atom stereocenters. The second kappa shape index (κ2) is 7.04. The number of carbonyl (C=O) groups is 1. The predicted octanol–water partition coefficient (Wildman–Crippen LogP) is 2.64. The van der Waals surface area contributed by atoms with Crippen molar-refractivity contribution in [3.8, 4) is 11.8 Å². The van der Waals surface area contributed by atoms with Gasteiger partial charge in [0.15, 0.2) is 5.82 Å². The van der Waals surface area contributed by atoms with Crippen LogP contribution in [0.2, 0.25) is 0 Å². The van der Waals surface area contributed by atoms with Gasteiger partial charge in [-0.05, 0) is 17.7 Å². The maximum absolute atomic E-state index is 12.1. The first-order valence-electron chi connectivity index (χ1n) is 5.46. The lowest BCUT2D eigenvalue weighted by Gasteiger charge is -2.10. The highest BCUT2D eigenvalue weighted by atomic mass is 19.4. The minimum Gasteiger partial charge on any atom is -0.406 e. The summed E-state index contributed by atoms with van der Waals surface area (Å²) in [5.74, 6) is -1.33. The summed E-state index contributed by atoms with van der Waals surface area (Å²) < 4.78 is 39.9. The summed E-state index contributed by atoms with van der Waals surface area (Å²) in [6, 6.07) is 6.51. The van der Waals surface area contributed by atoms with Crippen LogP contribution in [0.4, 0.5) is 13.2 Å². The van der Waals surface area contributed by atoms with Crippen molar-refractivity contribution in [1.29, 1.82) is 10.8 Å². The number of nitrogens with one attached hydrogen (secondary N) is 2. The summed E-state index contributed by atoms with van der Waals surface area (Å²) >= 11 is 0. The topological polar surface area (TPSA) is 98.3 Å². The Morgan fingerprint density at radius 1 is 1.52 bits per heavy atom. The Kier molecular flexibility index (Phi) is 5.42. The molecule has 0 saturated carbocycles. The van der Waals surface area contributed by atoms with Crippen LogP contribution in [0.1, 0.15) is 5.56 Å². The largest absolute Gasteiger partial charge is 0.573 e. The van der Waals surface area contributed by atoms with E-state index in [0.29, 0.717) is 0 Å². The first-order valence-corrected chi connectivity index (χ1v) is 5.46. The van der Waals surface area contributed by atoms with Crippen molar-refractivity contribution in [1.82, 2.24) is 5.32 Å². The van der Waals surface area contributed by atoms with E-state index in [-0.39, 0.29) is 17.8 Å². The van der Waals surface area contributed by atoms with Gasteiger partial charge in [0.25, 0.3) is 0 Å². The Bertz CT molecular complexity index is 605. The molecule has 1 rings (SSSR count). The van der Waals surface area contributed by atoms with E-state index in [1.165, 1.54) is 12.1 Å². The van der Waals surface area contributed by atoms with Gasteiger partial charge >= 0.3 is 6.36 Å². The van der Waals surface area contributed by atoms with Crippen molar-refractivity contribution in [3.05, 3.63) is 41.7 Å². The molecule has 9 heteroatoms. The minimum atomic E-state index is -4.81. The van der Waals surface area contributed by atoms with Gasteiger partial charge in [0.2, 0.25) is 5.91 Å². The monoisotopic (exact) mass is 298 g/mol. The van der Waals surface area contributed by atoms with Gasteiger partial charge in [0.05, 0.1) is 18.6 Å². The predicted molar refractivity (Wildman–Crippen MR) is 63.8 cm³/mol. The zero-order valence-electron chi connectivity index (χ0n) is 10.4. The molecule has 1 aromatic carbocycles. The number of nitrogens with zero attached hydrogens (tertiary/aromatic N) is 2. The number of benzene rings is 1. The van der Waals surface area contributed by atoms with Crippen molar-refractivity contribution in [2.75, 3.05) is 0 Å². The third kappa shape index (κ3) is 6.20. The van der Waals surface area contributed by atoms with E-state index in [2.05, 4.69) is 15.2 Å². The van der Waals surface area contributed by atoms with Crippen LogP contribution in [0.5, 0.6) is 5.75 Å². The molecule has 21 heavy (non-hydrogen) atoms. The molecule has 1 amide bonds. The standard InChI is InChI=1S/C12H9F3N4O2/c13-12(14,15)21-9-3-1-2-8(6-9)7-11(20)18-10(19-17)4-5-16/h1-4,6,17H,7H2,(H,18,20)/b10-4-,19-17?. The highest BCUT2D eigenvalue weighted by Crippen LogP contribution is 2.23. The Hall–Kier alpha value is -2.89.